The number of halogens is 2. The maximum Gasteiger partial charge on any atom is 0.331 e. The van der Waals surface area contributed by atoms with Crippen LogP contribution in [0.3, 0.4) is 0 Å². The molecular weight excluding hydrogens is 345 g/mol. The van der Waals surface area contributed by atoms with Gasteiger partial charge in [0.1, 0.15) is 16.7 Å². The van der Waals surface area contributed by atoms with Crippen molar-refractivity contribution in [1.29, 1.82) is 0 Å². The van der Waals surface area contributed by atoms with Crippen LogP contribution in [0.1, 0.15) is 50.5 Å². The number of carbonyl (C=O) groups excluding carboxylic acids is 2. The van der Waals surface area contributed by atoms with Gasteiger partial charge in [-0.3, -0.25) is 4.79 Å². The number of esters is 1. The molecule has 0 heterocycles. The second kappa shape index (κ2) is 8.17. The summed E-state index contributed by atoms with van der Waals surface area (Å²) in [6, 6.07) is 5.86. The smallest absolute Gasteiger partial charge is 0.331 e. The van der Waals surface area contributed by atoms with Gasteiger partial charge in [0.25, 0.3) is 0 Å². The van der Waals surface area contributed by atoms with Crippen molar-refractivity contribution >= 4 is 23.5 Å². The predicted octanol–water partition coefficient (Wildman–Crippen LogP) is 3.98. The molecule has 0 spiro atoms. The lowest BCUT2D eigenvalue weighted by Crippen LogP contribution is -2.57. The largest absolute Gasteiger partial charge is 0.467 e. The zero-order chi connectivity index (χ0) is 18.6. The number of hydrogen-bond donors (Lipinski definition) is 1. The zero-order valence-corrected chi connectivity index (χ0v) is 15.6. The number of benzene rings is 1. The van der Waals surface area contributed by atoms with E-state index in [0.29, 0.717) is 24.7 Å². The van der Waals surface area contributed by atoms with Gasteiger partial charge in [0.15, 0.2) is 0 Å². The van der Waals surface area contributed by atoms with Crippen LogP contribution in [0.5, 0.6) is 0 Å². The molecule has 6 heteroatoms. The number of nitrogens with one attached hydrogen (secondary N) is 1. The number of amides is 1. The standard InChI is InChI=1S/C19H25ClFNO3/c1-12(2)13-8-10-19(11-9-13,18(24)25-3)22-17(23)16(20)14-6-4-5-7-15(14)21/h4-7,12-13,16H,8-11H2,1-3H3,(H,22,23). The summed E-state index contributed by atoms with van der Waals surface area (Å²) in [5.41, 5.74) is -0.993. The van der Waals surface area contributed by atoms with Gasteiger partial charge < -0.3 is 10.1 Å². The summed E-state index contributed by atoms with van der Waals surface area (Å²) in [5.74, 6) is -0.576. The monoisotopic (exact) mass is 369 g/mol. The Kier molecular flexibility index (Phi) is 6.44. The molecular formula is C19H25ClFNO3. The van der Waals surface area contributed by atoms with E-state index >= 15 is 0 Å². The first-order valence-electron chi connectivity index (χ1n) is 8.59. The molecule has 1 saturated carbocycles. The topological polar surface area (TPSA) is 55.4 Å². The van der Waals surface area contributed by atoms with Crippen LogP contribution in [-0.2, 0) is 14.3 Å². The second-order valence-electron chi connectivity index (χ2n) is 7.03. The van der Waals surface area contributed by atoms with Crippen LogP contribution < -0.4 is 5.32 Å². The van der Waals surface area contributed by atoms with E-state index in [9.17, 15) is 14.0 Å². The Morgan fingerprint density at radius 3 is 2.40 bits per heavy atom. The Bertz CT molecular complexity index is 627. The lowest BCUT2D eigenvalue weighted by molar-refractivity contribution is -0.153. The van der Waals surface area contributed by atoms with E-state index in [1.54, 1.807) is 6.07 Å². The highest BCUT2D eigenvalue weighted by molar-refractivity contribution is 6.31. The van der Waals surface area contributed by atoms with Crippen molar-refractivity contribution in [1.82, 2.24) is 5.32 Å². The quantitative estimate of drug-likeness (QED) is 0.631. The van der Waals surface area contributed by atoms with Crippen molar-refractivity contribution in [2.75, 3.05) is 7.11 Å². The normalized spacial score (nSPS) is 24.6. The summed E-state index contributed by atoms with van der Waals surface area (Å²) in [7, 11) is 1.31. The van der Waals surface area contributed by atoms with Gasteiger partial charge in [-0.1, -0.05) is 32.0 Å². The first-order valence-corrected chi connectivity index (χ1v) is 9.03. The van der Waals surface area contributed by atoms with Crippen LogP contribution in [0.4, 0.5) is 4.39 Å². The molecule has 4 nitrogen and oxygen atoms in total. The number of rotatable bonds is 5. The first-order chi connectivity index (χ1) is 11.8. The van der Waals surface area contributed by atoms with Crippen LogP contribution >= 0.6 is 11.6 Å². The van der Waals surface area contributed by atoms with E-state index < -0.39 is 28.6 Å². The predicted molar refractivity (Wildman–Crippen MR) is 94.7 cm³/mol. The van der Waals surface area contributed by atoms with Crippen LogP contribution in [0.2, 0.25) is 0 Å². The number of ether oxygens (including phenoxy) is 1. The molecule has 2 rings (SSSR count). The van der Waals surface area contributed by atoms with Crippen molar-refractivity contribution in [2.24, 2.45) is 11.8 Å². The van der Waals surface area contributed by atoms with Crippen LogP contribution in [0.25, 0.3) is 0 Å². The molecule has 0 saturated heterocycles. The molecule has 1 aliphatic rings. The molecule has 1 atom stereocenters. The van der Waals surface area contributed by atoms with Gasteiger partial charge in [-0.05, 0) is 43.6 Å². The summed E-state index contributed by atoms with van der Waals surface area (Å²) in [6.45, 7) is 4.31. The number of carbonyl (C=O) groups is 2. The Morgan fingerprint density at radius 1 is 1.28 bits per heavy atom. The minimum atomic E-state index is -1.20. The van der Waals surface area contributed by atoms with Crippen molar-refractivity contribution in [3.63, 3.8) is 0 Å². The van der Waals surface area contributed by atoms with E-state index in [1.165, 1.54) is 25.3 Å². The molecule has 1 aliphatic carbocycles. The Labute approximate surface area is 153 Å². The van der Waals surface area contributed by atoms with Crippen molar-refractivity contribution in [2.45, 2.75) is 50.4 Å². The summed E-state index contributed by atoms with van der Waals surface area (Å²) < 4.78 is 18.8. The summed E-state index contributed by atoms with van der Waals surface area (Å²) in [4.78, 5) is 25.0. The average Bonchev–Trinajstić information content (AvgIpc) is 2.61. The highest BCUT2D eigenvalue weighted by Crippen LogP contribution is 2.37. The molecule has 1 aromatic rings. The third-order valence-corrected chi connectivity index (χ3v) is 5.61. The van der Waals surface area contributed by atoms with E-state index in [-0.39, 0.29) is 5.56 Å². The Hall–Kier alpha value is -1.62. The number of alkyl halides is 1. The van der Waals surface area contributed by atoms with Crippen molar-refractivity contribution < 1.29 is 18.7 Å². The fraction of sp³-hybridized carbons (Fsp3) is 0.579. The molecule has 0 aromatic heterocycles. The zero-order valence-electron chi connectivity index (χ0n) is 14.9. The van der Waals surface area contributed by atoms with Crippen LogP contribution in [-0.4, -0.2) is 24.5 Å². The van der Waals surface area contributed by atoms with Crippen LogP contribution in [0.15, 0.2) is 24.3 Å². The van der Waals surface area contributed by atoms with Gasteiger partial charge in [0.05, 0.1) is 7.11 Å². The number of hydrogen-bond acceptors (Lipinski definition) is 3. The fourth-order valence-electron chi connectivity index (χ4n) is 3.50. The van der Waals surface area contributed by atoms with E-state index in [1.807, 2.05) is 0 Å². The van der Waals surface area contributed by atoms with E-state index in [2.05, 4.69) is 19.2 Å². The lowest BCUT2D eigenvalue weighted by Gasteiger charge is -2.40. The van der Waals surface area contributed by atoms with Gasteiger partial charge in [0, 0.05) is 5.56 Å². The minimum Gasteiger partial charge on any atom is -0.467 e. The summed E-state index contributed by atoms with van der Waals surface area (Å²) in [5, 5.41) is 1.55. The van der Waals surface area contributed by atoms with E-state index in [4.69, 9.17) is 16.3 Å². The third kappa shape index (κ3) is 4.32. The SMILES string of the molecule is COC(=O)C1(NC(=O)C(Cl)c2ccccc2F)CCC(C(C)C)CC1. The molecule has 1 aromatic carbocycles. The highest BCUT2D eigenvalue weighted by atomic mass is 35.5. The average molecular weight is 370 g/mol. The van der Waals surface area contributed by atoms with Crippen molar-refractivity contribution in [3.05, 3.63) is 35.6 Å². The van der Waals surface area contributed by atoms with Gasteiger partial charge in [-0.2, -0.15) is 0 Å². The van der Waals surface area contributed by atoms with Gasteiger partial charge in [-0.25, -0.2) is 9.18 Å². The second-order valence-corrected chi connectivity index (χ2v) is 7.46. The molecule has 1 amide bonds. The minimum absolute atomic E-state index is 0.0950. The molecule has 1 N–H and O–H groups in total. The molecule has 1 unspecified atom stereocenters. The summed E-state index contributed by atoms with van der Waals surface area (Å²) >= 11 is 6.17. The van der Waals surface area contributed by atoms with Gasteiger partial charge in [0.2, 0.25) is 5.91 Å². The third-order valence-electron chi connectivity index (χ3n) is 5.17. The molecule has 25 heavy (non-hydrogen) atoms. The first kappa shape index (κ1) is 19.7. The Morgan fingerprint density at radius 2 is 1.88 bits per heavy atom. The van der Waals surface area contributed by atoms with Crippen LogP contribution in [0, 0.1) is 17.7 Å². The molecule has 138 valence electrons. The lowest BCUT2D eigenvalue weighted by atomic mass is 9.72. The highest BCUT2D eigenvalue weighted by Gasteiger charge is 2.45. The van der Waals surface area contributed by atoms with Gasteiger partial charge in [-0.15, -0.1) is 11.6 Å². The number of methoxy groups -OCH3 is 1. The Balaban J connectivity index is 2.16. The van der Waals surface area contributed by atoms with E-state index in [0.717, 1.165) is 12.8 Å². The molecule has 0 aliphatic heterocycles. The summed E-state index contributed by atoms with van der Waals surface area (Å²) in [6.07, 6.45) is 2.63. The van der Waals surface area contributed by atoms with Gasteiger partial charge >= 0.3 is 5.97 Å². The molecule has 0 radical (unpaired) electrons. The molecule has 1 fully saturated rings. The van der Waals surface area contributed by atoms with Crippen molar-refractivity contribution in [3.8, 4) is 0 Å². The maximum absolute atomic E-state index is 13.9. The maximum atomic E-state index is 13.9. The fourth-order valence-corrected chi connectivity index (χ4v) is 3.73. The molecule has 0 bridgehead atoms.